The van der Waals surface area contributed by atoms with E-state index in [9.17, 15) is 0 Å². The molecule has 3 rings (SSSR count). The van der Waals surface area contributed by atoms with Gasteiger partial charge in [0.2, 0.25) is 17.5 Å². The van der Waals surface area contributed by atoms with E-state index in [1.54, 1.807) is 11.3 Å². The number of nitrogens with zero attached hydrogens (tertiary/aromatic N) is 2. The van der Waals surface area contributed by atoms with Crippen LogP contribution in [0.1, 0.15) is 16.1 Å². The lowest BCUT2D eigenvalue weighted by molar-refractivity contribution is 0.595. The molecular formula is C11H9N3OS2. The third-order valence-electron chi connectivity index (χ3n) is 2.60. The molecule has 0 aliphatic carbocycles. The van der Waals surface area contributed by atoms with Crippen molar-refractivity contribution in [3.8, 4) is 16.8 Å². The van der Waals surface area contributed by atoms with Crippen LogP contribution in [-0.2, 0) is 12.2 Å². The first-order valence-corrected chi connectivity index (χ1v) is 7.11. The highest BCUT2D eigenvalue weighted by Crippen LogP contribution is 2.37. The first-order chi connectivity index (χ1) is 8.28. The quantitative estimate of drug-likeness (QED) is 0.856. The monoisotopic (exact) mass is 263 g/mol. The van der Waals surface area contributed by atoms with E-state index < -0.39 is 0 Å². The lowest BCUT2D eigenvalue weighted by Gasteiger charge is -2.08. The number of oxazole rings is 1. The molecule has 2 N–H and O–H groups in total. The van der Waals surface area contributed by atoms with Crippen molar-refractivity contribution >= 4 is 29.0 Å². The summed E-state index contributed by atoms with van der Waals surface area (Å²) >= 11 is 3.62. The topological polar surface area (TPSA) is 75.8 Å². The molecule has 6 heteroatoms. The molecule has 1 aliphatic rings. The van der Waals surface area contributed by atoms with Crippen LogP contribution in [0.5, 0.6) is 0 Å². The second-order valence-electron chi connectivity index (χ2n) is 3.71. The molecule has 3 heterocycles. The first-order valence-electron chi connectivity index (χ1n) is 5.14. The van der Waals surface area contributed by atoms with Gasteiger partial charge < -0.3 is 10.2 Å². The summed E-state index contributed by atoms with van der Waals surface area (Å²) in [5.74, 6) is 2.78. The molecule has 0 unspecified atom stereocenters. The van der Waals surface area contributed by atoms with Crippen molar-refractivity contribution in [2.45, 2.75) is 12.2 Å². The number of aryl methyl sites for hydroxylation is 1. The molecule has 2 aromatic rings. The number of anilines is 1. The van der Waals surface area contributed by atoms with Crippen LogP contribution in [0.3, 0.4) is 0 Å². The lowest BCUT2D eigenvalue weighted by Crippen LogP contribution is -1.96. The van der Waals surface area contributed by atoms with Crippen LogP contribution < -0.4 is 5.73 Å². The maximum absolute atomic E-state index is 8.79. The minimum Gasteiger partial charge on any atom is -0.419 e. The van der Waals surface area contributed by atoms with Gasteiger partial charge in [0, 0.05) is 10.6 Å². The van der Waals surface area contributed by atoms with Crippen LogP contribution in [0.2, 0.25) is 0 Å². The molecule has 0 spiro atoms. The van der Waals surface area contributed by atoms with Gasteiger partial charge in [-0.2, -0.15) is 22.0 Å². The van der Waals surface area contributed by atoms with Crippen LogP contribution in [0.25, 0.3) is 10.8 Å². The molecule has 0 radical (unpaired) electrons. The Balaban J connectivity index is 2.03. The zero-order chi connectivity index (χ0) is 11.8. The Labute approximate surface area is 106 Å². The molecule has 0 saturated heterocycles. The van der Waals surface area contributed by atoms with Crippen LogP contribution in [0, 0.1) is 11.3 Å². The van der Waals surface area contributed by atoms with E-state index in [1.807, 2.05) is 17.8 Å². The molecule has 4 nitrogen and oxygen atoms in total. The molecular weight excluding hydrogens is 254 g/mol. The summed E-state index contributed by atoms with van der Waals surface area (Å²) in [6.45, 7) is 0. The van der Waals surface area contributed by atoms with E-state index >= 15 is 0 Å². The standard InChI is InChI=1S/C11H9N3OS2/c12-4-7-10(13)15-11(14-7)9-3-6-5-16-2-1-8(6)17-9/h3H,1-2,5,13H2. The molecule has 0 aromatic carbocycles. The van der Waals surface area contributed by atoms with Crippen molar-refractivity contribution in [2.24, 2.45) is 0 Å². The summed E-state index contributed by atoms with van der Waals surface area (Å²) in [7, 11) is 0. The fraction of sp³-hybridized carbons (Fsp3) is 0.273. The number of thiophene rings is 1. The number of rotatable bonds is 1. The second kappa shape index (κ2) is 4.09. The van der Waals surface area contributed by atoms with E-state index in [-0.39, 0.29) is 11.6 Å². The highest BCUT2D eigenvalue weighted by atomic mass is 32.2. The SMILES string of the molecule is N#Cc1nc(-c2cc3c(s2)CCSC3)oc1N. The summed E-state index contributed by atoms with van der Waals surface area (Å²) < 4.78 is 5.32. The second-order valence-corrected chi connectivity index (χ2v) is 5.95. The Hall–Kier alpha value is -1.45. The van der Waals surface area contributed by atoms with Crippen molar-refractivity contribution in [2.75, 3.05) is 11.5 Å². The Morgan fingerprint density at radius 3 is 3.12 bits per heavy atom. The Bertz CT molecular complexity index is 585. The molecule has 86 valence electrons. The summed E-state index contributed by atoms with van der Waals surface area (Å²) in [6, 6.07) is 4.01. The van der Waals surface area contributed by atoms with Gasteiger partial charge in [0.1, 0.15) is 6.07 Å². The minimum atomic E-state index is 0.100. The van der Waals surface area contributed by atoms with Gasteiger partial charge in [0.05, 0.1) is 4.88 Å². The number of aromatic nitrogens is 1. The average Bonchev–Trinajstić information content (AvgIpc) is 2.91. The molecule has 0 saturated carbocycles. The summed E-state index contributed by atoms with van der Waals surface area (Å²) in [4.78, 5) is 6.45. The van der Waals surface area contributed by atoms with Crippen LogP contribution in [-0.4, -0.2) is 10.7 Å². The zero-order valence-electron chi connectivity index (χ0n) is 8.90. The third kappa shape index (κ3) is 1.81. The van der Waals surface area contributed by atoms with Crippen molar-refractivity contribution in [1.29, 1.82) is 5.26 Å². The van der Waals surface area contributed by atoms with Gasteiger partial charge in [0.25, 0.3) is 0 Å². The van der Waals surface area contributed by atoms with Gasteiger partial charge in [0.15, 0.2) is 0 Å². The summed E-state index contributed by atoms with van der Waals surface area (Å²) in [5.41, 5.74) is 7.09. The smallest absolute Gasteiger partial charge is 0.240 e. The lowest BCUT2D eigenvalue weighted by atomic mass is 10.2. The van der Waals surface area contributed by atoms with Crippen molar-refractivity contribution in [3.63, 3.8) is 0 Å². The minimum absolute atomic E-state index is 0.100. The van der Waals surface area contributed by atoms with Gasteiger partial charge in [-0.15, -0.1) is 11.3 Å². The number of fused-ring (bicyclic) bond motifs is 1. The molecule has 17 heavy (non-hydrogen) atoms. The Morgan fingerprint density at radius 1 is 1.53 bits per heavy atom. The largest absolute Gasteiger partial charge is 0.419 e. The van der Waals surface area contributed by atoms with Gasteiger partial charge in [-0.3, -0.25) is 0 Å². The van der Waals surface area contributed by atoms with E-state index in [4.69, 9.17) is 15.4 Å². The normalized spacial score (nSPS) is 14.3. The van der Waals surface area contributed by atoms with E-state index in [1.165, 1.54) is 16.2 Å². The highest BCUT2D eigenvalue weighted by Gasteiger charge is 2.18. The molecule has 2 aromatic heterocycles. The predicted molar refractivity (Wildman–Crippen MR) is 68.8 cm³/mol. The van der Waals surface area contributed by atoms with E-state index in [0.717, 1.165) is 17.1 Å². The summed E-state index contributed by atoms with van der Waals surface area (Å²) in [6.07, 6.45) is 1.10. The van der Waals surface area contributed by atoms with Crippen LogP contribution in [0.4, 0.5) is 5.88 Å². The maximum atomic E-state index is 8.79. The molecule has 0 amide bonds. The van der Waals surface area contributed by atoms with E-state index in [0.29, 0.717) is 5.89 Å². The fourth-order valence-electron chi connectivity index (χ4n) is 1.77. The molecule has 0 bridgehead atoms. The van der Waals surface area contributed by atoms with Gasteiger partial charge in [-0.25, -0.2) is 0 Å². The summed E-state index contributed by atoms with van der Waals surface area (Å²) in [5, 5.41) is 8.79. The van der Waals surface area contributed by atoms with Crippen molar-refractivity contribution in [3.05, 3.63) is 22.2 Å². The highest BCUT2D eigenvalue weighted by molar-refractivity contribution is 7.98. The van der Waals surface area contributed by atoms with Crippen molar-refractivity contribution in [1.82, 2.24) is 4.98 Å². The molecule has 1 aliphatic heterocycles. The van der Waals surface area contributed by atoms with Gasteiger partial charge in [-0.05, 0) is 23.8 Å². The number of thioether (sulfide) groups is 1. The van der Waals surface area contributed by atoms with Gasteiger partial charge in [-0.1, -0.05) is 0 Å². The zero-order valence-corrected chi connectivity index (χ0v) is 10.5. The fourth-order valence-corrected chi connectivity index (χ4v) is 4.07. The number of hydrogen-bond acceptors (Lipinski definition) is 6. The molecule has 0 atom stereocenters. The number of nitriles is 1. The number of nitrogen functional groups attached to an aromatic ring is 1. The average molecular weight is 263 g/mol. The van der Waals surface area contributed by atoms with Crippen LogP contribution >= 0.6 is 23.1 Å². The van der Waals surface area contributed by atoms with Crippen LogP contribution in [0.15, 0.2) is 10.5 Å². The Kier molecular flexibility index (Phi) is 2.57. The predicted octanol–water partition coefficient (Wildman–Crippen LogP) is 2.65. The Morgan fingerprint density at radius 2 is 2.41 bits per heavy atom. The van der Waals surface area contributed by atoms with Gasteiger partial charge >= 0.3 is 0 Å². The third-order valence-corrected chi connectivity index (χ3v) is 4.83. The maximum Gasteiger partial charge on any atom is 0.240 e. The molecule has 0 fully saturated rings. The number of nitrogens with two attached hydrogens (primary N) is 1. The first kappa shape index (κ1) is 10.7. The van der Waals surface area contributed by atoms with Crippen molar-refractivity contribution < 1.29 is 4.42 Å². The van der Waals surface area contributed by atoms with E-state index in [2.05, 4.69) is 11.1 Å². The number of hydrogen-bond donors (Lipinski definition) is 1.